The maximum atomic E-state index is 12.0. The molecule has 104 valence electrons. The van der Waals surface area contributed by atoms with Gasteiger partial charge in [-0.25, -0.2) is 0 Å². The fraction of sp³-hybridized carbons (Fsp3) is 0.533. The molecule has 4 heteroatoms. The van der Waals surface area contributed by atoms with Crippen molar-refractivity contribution in [2.45, 2.75) is 39.7 Å². The molecule has 1 aromatic rings. The number of amides is 1. The molecule has 1 heterocycles. The van der Waals surface area contributed by atoms with Gasteiger partial charge in [0, 0.05) is 36.3 Å². The summed E-state index contributed by atoms with van der Waals surface area (Å²) in [5, 5.41) is 0. The Labute approximate surface area is 123 Å². The topological polar surface area (TPSA) is 29.5 Å². The third-order valence-electron chi connectivity index (χ3n) is 3.59. The van der Waals surface area contributed by atoms with Crippen molar-refractivity contribution >= 4 is 27.5 Å². The van der Waals surface area contributed by atoms with Crippen molar-refractivity contribution < 1.29 is 9.53 Å². The summed E-state index contributed by atoms with van der Waals surface area (Å²) in [6.45, 7) is 7.24. The van der Waals surface area contributed by atoms with Crippen molar-refractivity contribution in [1.29, 1.82) is 0 Å². The standard InChI is InChI=1S/C15H20BrNO2/c1-10-8-14(9-11(2)15(10)16)17(12(3)18)13-4-6-19-7-5-13/h8-9,13H,4-7H2,1-3H3. The summed E-state index contributed by atoms with van der Waals surface area (Å²) in [6, 6.07) is 4.41. The van der Waals surface area contributed by atoms with E-state index in [1.54, 1.807) is 6.92 Å². The van der Waals surface area contributed by atoms with E-state index in [9.17, 15) is 4.79 Å². The maximum absolute atomic E-state index is 12.0. The van der Waals surface area contributed by atoms with E-state index in [-0.39, 0.29) is 11.9 Å². The Bertz CT molecular complexity index is 458. The Morgan fingerprint density at radius 3 is 2.26 bits per heavy atom. The van der Waals surface area contributed by atoms with Crippen LogP contribution in [0.15, 0.2) is 16.6 Å². The number of benzene rings is 1. The van der Waals surface area contributed by atoms with Crippen molar-refractivity contribution in [2.24, 2.45) is 0 Å². The Hall–Kier alpha value is -0.870. The van der Waals surface area contributed by atoms with E-state index in [0.29, 0.717) is 0 Å². The fourth-order valence-corrected chi connectivity index (χ4v) is 2.88. The molecule has 0 atom stereocenters. The van der Waals surface area contributed by atoms with Gasteiger partial charge in [-0.3, -0.25) is 4.79 Å². The minimum Gasteiger partial charge on any atom is -0.381 e. The van der Waals surface area contributed by atoms with E-state index in [2.05, 4.69) is 41.9 Å². The average Bonchev–Trinajstić information content (AvgIpc) is 2.37. The van der Waals surface area contributed by atoms with Crippen LogP contribution in [0.4, 0.5) is 5.69 Å². The second-order valence-corrected chi connectivity index (χ2v) is 5.92. The first-order valence-electron chi connectivity index (χ1n) is 6.65. The van der Waals surface area contributed by atoms with Crippen LogP contribution in [-0.4, -0.2) is 25.2 Å². The van der Waals surface area contributed by atoms with Gasteiger partial charge in [0.25, 0.3) is 0 Å². The Kier molecular flexibility index (Phi) is 4.63. The number of ether oxygens (including phenoxy) is 1. The lowest BCUT2D eigenvalue weighted by atomic mass is 10.0. The summed E-state index contributed by atoms with van der Waals surface area (Å²) in [5.41, 5.74) is 3.32. The summed E-state index contributed by atoms with van der Waals surface area (Å²) < 4.78 is 6.50. The molecule has 0 aliphatic carbocycles. The van der Waals surface area contributed by atoms with Gasteiger partial charge in [0.05, 0.1) is 0 Å². The number of aryl methyl sites for hydroxylation is 2. The zero-order chi connectivity index (χ0) is 14.0. The van der Waals surface area contributed by atoms with E-state index >= 15 is 0 Å². The quantitative estimate of drug-likeness (QED) is 0.831. The predicted octanol–water partition coefficient (Wildman–Crippen LogP) is 3.60. The third kappa shape index (κ3) is 3.18. The molecular formula is C15H20BrNO2. The van der Waals surface area contributed by atoms with Crippen molar-refractivity contribution in [3.63, 3.8) is 0 Å². The summed E-state index contributed by atoms with van der Waals surface area (Å²) in [6.07, 6.45) is 1.82. The summed E-state index contributed by atoms with van der Waals surface area (Å²) >= 11 is 3.57. The van der Waals surface area contributed by atoms with Crippen molar-refractivity contribution in [3.8, 4) is 0 Å². The van der Waals surface area contributed by atoms with Crippen LogP contribution in [0.1, 0.15) is 30.9 Å². The van der Waals surface area contributed by atoms with Gasteiger partial charge < -0.3 is 9.64 Å². The van der Waals surface area contributed by atoms with E-state index in [4.69, 9.17) is 4.74 Å². The van der Waals surface area contributed by atoms with Gasteiger partial charge in [-0.2, -0.15) is 0 Å². The smallest absolute Gasteiger partial charge is 0.224 e. The normalized spacial score (nSPS) is 16.4. The van der Waals surface area contributed by atoms with Crippen LogP contribution >= 0.6 is 15.9 Å². The summed E-state index contributed by atoms with van der Waals surface area (Å²) in [4.78, 5) is 14.0. The third-order valence-corrected chi connectivity index (χ3v) is 4.85. The van der Waals surface area contributed by atoms with E-state index in [0.717, 1.165) is 47.3 Å². The predicted molar refractivity (Wildman–Crippen MR) is 80.6 cm³/mol. The molecule has 0 unspecified atom stereocenters. The average molecular weight is 326 g/mol. The van der Waals surface area contributed by atoms with Crippen LogP contribution in [0.25, 0.3) is 0 Å². The van der Waals surface area contributed by atoms with Gasteiger partial charge in [-0.15, -0.1) is 0 Å². The minimum absolute atomic E-state index is 0.105. The van der Waals surface area contributed by atoms with Crippen molar-refractivity contribution in [3.05, 3.63) is 27.7 Å². The van der Waals surface area contributed by atoms with Gasteiger partial charge in [-0.1, -0.05) is 15.9 Å². The zero-order valence-electron chi connectivity index (χ0n) is 11.7. The SMILES string of the molecule is CC(=O)N(c1cc(C)c(Br)c(C)c1)C1CCOCC1. The first-order valence-corrected chi connectivity index (χ1v) is 7.44. The molecule has 0 spiro atoms. The van der Waals surface area contributed by atoms with E-state index in [1.165, 1.54) is 0 Å². The molecule has 0 bridgehead atoms. The molecule has 0 radical (unpaired) electrons. The van der Waals surface area contributed by atoms with Crippen LogP contribution in [0.3, 0.4) is 0 Å². The lowest BCUT2D eigenvalue weighted by molar-refractivity contribution is -0.117. The Morgan fingerprint density at radius 1 is 1.26 bits per heavy atom. The number of hydrogen-bond acceptors (Lipinski definition) is 2. The van der Waals surface area contributed by atoms with Crippen LogP contribution in [0.5, 0.6) is 0 Å². The van der Waals surface area contributed by atoms with Gasteiger partial charge in [0.2, 0.25) is 5.91 Å². The highest BCUT2D eigenvalue weighted by molar-refractivity contribution is 9.10. The number of halogens is 1. The van der Waals surface area contributed by atoms with Crippen molar-refractivity contribution in [2.75, 3.05) is 18.1 Å². The first-order chi connectivity index (χ1) is 9.00. The number of hydrogen-bond donors (Lipinski definition) is 0. The molecule has 19 heavy (non-hydrogen) atoms. The summed E-state index contributed by atoms with van der Waals surface area (Å²) in [5.74, 6) is 0.105. The van der Waals surface area contributed by atoms with E-state index < -0.39 is 0 Å². The molecule has 1 fully saturated rings. The molecule has 1 aliphatic rings. The number of rotatable bonds is 2. The number of carbonyl (C=O) groups excluding carboxylic acids is 1. The molecule has 2 rings (SSSR count). The van der Waals surface area contributed by atoms with E-state index in [1.807, 2.05) is 4.90 Å². The maximum Gasteiger partial charge on any atom is 0.224 e. The van der Waals surface area contributed by atoms with Gasteiger partial charge in [0.15, 0.2) is 0 Å². The number of carbonyl (C=O) groups is 1. The summed E-state index contributed by atoms with van der Waals surface area (Å²) in [7, 11) is 0. The largest absolute Gasteiger partial charge is 0.381 e. The first kappa shape index (κ1) is 14.5. The molecule has 0 N–H and O–H groups in total. The van der Waals surface area contributed by atoms with Crippen LogP contribution in [0.2, 0.25) is 0 Å². The van der Waals surface area contributed by atoms with Crippen LogP contribution < -0.4 is 4.90 Å². The molecule has 3 nitrogen and oxygen atoms in total. The highest BCUT2D eigenvalue weighted by Crippen LogP contribution is 2.30. The number of anilines is 1. The highest BCUT2D eigenvalue weighted by atomic mass is 79.9. The second kappa shape index (κ2) is 6.06. The fourth-order valence-electron chi connectivity index (χ4n) is 2.66. The number of nitrogens with zero attached hydrogens (tertiary/aromatic N) is 1. The van der Waals surface area contributed by atoms with Gasteiger partial charge >= 0.3 is 0 Å². The molecular weight excluding hydrogens is 306 g/mol. The lowest BCUT2D eigenvalue weighted by Crippen LogP contribution is -2.42. The second-order valence-electron chi connectivity index (χ2n) is 5.13. The minimum atomic E-state index is 0.105. The Morgan fingerprint density at radius 2 is 1.79 bits per heavy atom. The zero-order valence-corrected chi connectivity index (χ0v) is 13.3. The Balaban J connectivity index is 2.36. The van der Waals surface area contributed by atoms with Crippen molar-refractivity contribution in [1.82, 2.24) is 0 Å². The molecule has 1 aromatic carbocycles. The molecule has 1 saturated heterocycles. The van der Waals surface area contributed by atoms with Crippen LogP contribution in [0, 0.1) is 13.8 Å². The highest BCUT2D eigenvalue weighted by Gasteiger charge is 2.25. The molecule has 0 saturated carbocycles. The molecule has 0 aromatic heterocycles. The molecule has 1 aliphatic heterocycles. The monoisotopic (exact) mass is 325 g/mol. The van der Waals surface area contributed by atoms with Gasteiger partial charge in [0.1, 0.15) is 0 Å². The van der Waals surface area contributed by atoms with Gasteiger partial charge in [-0.05, 0) is 49.9 Å². The lowest BCUT2D eigenvalue weighted by Gasteiger charge is -2.34. The molecule has 1 amide bonds. The van der Waals surface area contributed by atoms with Crippen LogP contribution in [-0.2, 0) is 9.53 Å².